The van der Waals surface area contributed by atoms with E-state index in [1.54, 1.807) is 18.2 Å². The second kappa shape index (κ2) is 6.30. The van der Waals surface area contributed by atoms with Crippen LogP contribution in [0.1, 0.15) is 5.56 Å². The van der Waals surface area contributed by atoms with Gasteiger partial charge in [-0.2, -0.15) is 0 Å². The lowest BCUT2D eigenvalue weighted by molar-refractivity contribution is 0.155. The SMILES string of the molecule is O=Nc1cccc(NC(=O)OCc2ccccc2)c1. The summed E-state index contributed by atoms with van der Waals surface area (Å²) < 4.78 is 5.05. The minimum absolute atomic E-state index is 0.193. The van der Waals surface area contributed by atoms with Crippen molar-refractivity contribution in [1.29, 1.82) is 0 Å². The van der Waals surface area contributed by atoms with Crippen molar-refractivity contribution in [3.63, 3.8) is 0 Å². The molecule has 1 amide bonds. The van der Waals surface area contributed by atoms with Crippen LogP contribution in [0.2, 0.25) is 0 Å². The second-order valence-electron chi connectivity index (χ2n) is 3.83. The van der Waals surface area contributed by atoms with Gasteiger partial charge in [-0.25, -0.2) is 4.79 Å². The van der Waals surface area contributed by atoms with E-state index in [-0.39, 0.29) is 12.3 Å². The summed E-state index contributed by atoms with van der Waals surface area (Å²) in [5.74, 6) is 0. The number of benzene rings is 2. The summed E-state index contributed by atoms with van der Waals surface area (Å²) in [6, 6.07) is 15.7. The van der Waals surface area contributed by atoms with Crippen molar-refractivity contribution < 1.29 is 9.53 Å². The Bertz CT molecular complexity index is 570. The molecule has 0 heterocycles. The number of nitroso groups, excluding NO2 is 1. The smallest absolute Gasteiger partial charge is 0.411 e. The molecule has 0 atom stereocenters. The van der Waals surface area contributed by atoms with Gasteiger partial charge in [-0.15, -0.1) is 4.91 Å². The van der Waals surface area contributed by atoms with E-state index >= 15 is 0 Å². The number of hydrogen-bond acceptors (Lipinski definition) is 4. The van der Waals surface area contributed by atoms with Crippen LogP contribution in [0.3, 0.4) is 0 Å². The first-order valence-corrected chi connectivity index (χ1v) is 5.69. The van der Waals surface area contributed by atoms with Gasteiger partial charge in [0.05, 0.1) is 0 Å². The van der Waals surface area contributed by atoms with Gasteiger partial charge in [0.2, 0.25) is 0 Å². The molecule has 0 saturated carbocycles. The molecular formula is C14H12N2O3. The minimum Gasteiger partial charge on any atom is -0.444 e. The predicted octanol–water partition coefficient (Wildman–Crippen LogP) is 3.83. The third-order valence-corrected chi connectivity index (χ3v) is 2.41. The lowest BCUT2D eigenvalue weighted by Crippen LogP contribution is -2.13. The molecule has 2 rings (SSSR count). The summed E-state index contributed by atoms with van der Waals surface area (Å²) in [6.07, 6.45) is -0.577. The maximum Gasteiger partial charge on any atom is 0.411 e. The van der Waals surface area contributed by atoms with Crippen molar-refractivity contribution in [2.75, 3.05) is 5.32 Å². The van der Waals surface area contributed by atoms with E-state index in [1.165, 1.54) is 6.07 Å². The van der Waals surface area contributed by atoms with Crippen LogP contribution >= 0.6 is 0 Å². The molecular weight excluding hydrogens is 244 g/mol. The Balaban J connectivity index is 1.89. The first-order valence-electron chi connectivity index (χ1n) is 5.69. The van der Waals surface area contributed by atoms with Gasteiger partial charge in [0, 0.05) is 5.69 Å². The number of anilines is 1. The van der Waals surface area contributed by atoms with Gasteiger partial charge < -0.3 is 4.74 Å². The Kier molecular flexibility index (Phi) is 4.23. The van der Waals surface area contributed by atoms with Gasteiger partial charge in [0.15, 0.2) is 0 Å². The number of hydrogen-bond donors (Lipinski definition) is 1. The Morgan fingerprint density at radius 2 is 1.89 bits per heavy atom. The molecule has 5 heteroatoms. The van der Waals surface area contributed by atoms with E-state index in [0.717, 1.165) is 5.56 Å². The van der Waals surface area contributed by atoms with Gasteiger partial charge >= 0.3 is 6.09 Å². The third kappa shape index (κ3) is 3.92. The Morgan fingerprint density at radius 3 is 2.63 bits per heavy atom. The molecule has 5 nitrogen and oxygen atoms in total. The van der Waals surface area contributed by atoms with E-state index in [4.69, 9.17) is 4.74 Å². The summed E-state index contributed by atoms with van der Waals surface area (Å²) in [5.41, 5.74) is 1.62. The first kappa shape index (κ1) is 12.8. The van der Waals surface area contributed by atoms with Gasteiger partial charge in [-0.1, -0.05) is 36.4 Å². The number of nitrogens with one attached hydrogen (secondary N) is 1. The van der Waals surface area contributed by atoms with E-state index < -0.39 is 6.09 Å². The van der Waals surface area contributed by atoms with Crippen LogP contribution in [0.4, 0.5) is 16.2 Å². The van der Waals surface area contributed by atoms with Crippen LogP contribution in [0.5, 0.6) is 0 Å². The topological polar surface area (TPSA) is 67.8 Å². The molecule has 0 aliphatic heterocycles. The predicted molar refractivity (Wildman–Crippen MR) is 72.1 cm³/mol. The van der Waals surface area contributed by atoms with Crippen molar-refractivity contribution in [1.82, 2.24) is 0 Å². The zero-order chi connectivity index (χ0) is 13.5. The first-order chi connectivity index (χ1) is 9.28. The minimum atomic E-state index is -0.577. The Hall–Kier alpha value is -2.69. The number of nitrogens with zero attached hydrogens (tertiary/aromatic N) is 1. The number of rotatable bonds is 4. The van der Waals surface area contributed by atoms with E-state index in [9.17, 15) is 9.70 Å². The molecule has 0 radical (unpaired) electrons. The summed E-state index contributed by atoms with van der Waals surface area (Å²) in [5, 5.41) is 5.32. The lowest BCUT2D eigenvalue weighted by atomic mass is 10.2. The molecule has 0 bridgehead atoms. The fraction of sp³-hybridized carbons (Fsp3) is 0.0714. The van der Waals surface area contributed by atoms with Crippen molar-refractivity contribution in [2.45, 2.75) is 6.61 Å². The van der Waals surface area contributed by atoms with Gasteiger partial charge in [-0.05, 0) is 28.9 Å². The van der Waals surface area contributed by atoms with E-state index in [1.807, 2.05) is 30.3 Å². The summed E-state index contributed by atoms with van der Waals surface area (Å²) >= 11 is 0. The molecule has 19 heavy (non-hydrogen) atoms. The average molecular weight is 256 g/mol. The van der Waals surface area contributed by atoms with Crippen molar-refractivity contribution in [3.05, 3.63) is 65.1 Å². The van der Waals surface area contributed by atoms with Crippen molar-refractivity contribution in [3.8, 4) is 0 Å². The van der Waals surface area contributed by atoms with Crippen LogP contribution in [-0.2, 0) is 11.3 Å². The van der Waals surface area contributed by atoms with Crippen molar-refractivity contribution >= 4 is 17.5 Å². The molecule has 1 N–H and O–H groups in total. The van der Waals surface area contributed by atoms with Crippen LogP contribution < -0.4 is 5.32 Å². The second-order valence-corrected chi connectivity index (χ2v) is 3.83. The Labute approximate surface area is 110 Å². The number of carbonyl (C=O) groups is 1. The fourth-order valence-electron chi connectivity index (χ4n) is 1.52. The zero-order valence-electron chi connectivity index (χ0n) is 10.1. The van der Waals surface area contributed by atoms with E-state index in [0.29, 0.717) is 5.69 Å². The Morgan fingerprint density at radius 1 is 1.11 bits per heavy atom. The fourth-order valence-corrected chi connectivity index (χ4v) is 1.52. The molecule has 2 aromatic carbocycles. The van der Waals surface area contributed by atoms with E-state index in [2.05, 4.69) is 10.5 Å². The molecule has 2 aromatic rings. The molecule has 0 fully saturated rings. The lowest BCUT2D eigenvalue weighted by Gasteiger charge is -2.07. The molecule has 0 aromatic heterocycles. The largest absolute Gasteiger partial charge is 0.444 e. The molecule has 0 spiro atoms. The maximum absolute atomic E-state index is 11.5. The van der Waals surface area contributed by atoms with Crippen LogP contribution in [0.15, 0.2) is 59.8 Å². The molecule has 0 unspecified atom stereocenters. The van der Waals surface area contributed by atoms with Gasteiger partial charge in [-0.3, -0.25) is 5.32 Å². The number of ether oxygens (including phenoxy) is 1. The monoisotopic (exact) mass is 256 g/mol. The highest BCUT2D eigenvalue weighted by molar-refractivity contribution is 5.85. The van der Waals surface area contributed by atoms with Gasteiger partial charge in [0.1, 0.15) is 12.3 Å². The highest BCUT2D eigenvalue weighted by Crippen LogP contribution is 2.17. The maximum atomic E-state index is 11.5. The average Bonchev–Trinajstić information content (AvgIpc) is 2.46. The highest BCUT2D eigenvalue weighted by Gasteiger charge is 2.04. The summed E-state index contributed by atoms with van der Waals surface area (Å²) in [7, 11) is 0. The number of carbonyl (C=O) groups excluding carboxylic acids is 1. The van der Waals surface area contributed by atoms with Crippen molar-refractivity contribution in [2.24, 2.45) is 5.18 Å². The normalized spacial score (nSPS) is 9.68. The van der Waals surface area contributed by atoms with Crippen LogP contribution in [-0.4, -0.2) is 6.09 Å². The van der Waals surface area contributed by atoms with Crippen LogP contribution in [0.25, 0.3) is 0 Å². The third-order valence-electron chi connectivity index (χ3n) is 2.41. The summed E-state index contributed by atoms with van der Waals surface area (Å²) in [6.45, 7) is 0.193. The summed E-state index contributed by atoms with van der Waals surface area (Å²) in [4.78, 5) is 21.9. The molecule has 0 aliphatic carbocycles. The molecule has 96 valence electrons. The van der Waals surface area contributed by atoms with Gasteiger partial charge in [0.25, 0.3) is 0 Å². The quantitative estimate of drug-likeness (QED) is 0.845. The molecule has 0 saturated heterocycles. The van der Waals surface area contributed by atoms with Crippen LogP contribution in [0, 0.1) is 4.91 Å². The number of amides is 1. The highest BCUT2D eigenvalue weighted by atomic mass is 16.5. The standard InChI is InChI=1S/C14H12N2O3/c17-14(19-10-11-5-2-1-3-6-11)15-12-7-4-8-13(9-12)16-18/h1-9H,10H2,(H,15,17). The molecule has 0 aliphatic rings. The zero-order valence-corrected chi connectivity index (χ0v) is 10.1.